The Hall–Kier alpha value is -3.22. The molecule has 0 aromatic heterocycles. The summed E-state index contributed by atoms with van der Waals surface area (Å²) in [6, 6.07) is 13.0. The summed E-state index contributed by atoms with van der Waals surface area (Å²) in [6.45, 7) is 3.48. The molecule has 3 rings (SSSR count). The number of likely N-dealkylation sites (tertiary alicyclic amines) is 1. The summed E-state index contributed by atoms with van der Waals surface area (Å²) in [7, 11) is 3.20. The fraction of sp³-hybridized carbons (Fsp3) is 0.417. The van der Waals surface area contributed by atoms with E-state index in [2.05, 4.69) is 5.32 Å². The van der Waals surface area contributed by atoms with Crippen molar-refractivity contribution in [3.05, 3.63) is 53.6 Å². The number of methoxy groups -OCH3 is 2. The molecule has 0 radical (unpaired) electrons. The van der Waals surface area contributed by atoms with Crippen LogP contribution in [0.25, 0.3) is 0 Å². The quantitative estimate of drug-likeness (QED) is 0.702. The smallest absolute Gasteiger partial charge is 0.251 e. The van der Waals surface area contributed by atoms with Crippen molar-refractivity contribution < 1.29 is 23.8 Å². The monoisotopic (exact) mass is 426 g/mol. The predicted octanol–water partition coefficient (Wildman–Crippen LogP) is 3.07. The third kappa shape index (κ3) is 6.13. The Balaban J connectivity index is 1.55. The lowest BCUT2D eigenvalue weighted by molar-refractivity contribution is -0.130. The minimum atomic E-state index is -0.164. The molecule has 2 amide bonds. The molecule has 1 aliphatic heterocycles. The van der Waals surface area contributed by atoms with Gasteiger partial charge in [-0.2, -0.15) is 0 Å². The molecule has 2 aromatic carbocycles. The first kappa shape index (κ1) is 22.5. The van der Waals surface area contributed by atoms with E-state index in [9.17, 15) is 9.59 Å². The fourth-order valence-corrected chi connectivity index (χ4v) is 3.62. The van der Waals surface area contributed by atoms with Crippen molar-refractivity contribution in [3.8, 4) is 17.2 Å². The number of hydrogen-bond acceptors (Lipinski definition) is 5. The van der Waals surface area contributed by atoms with E-state index in [0.717, 1.165) is 24.2 Å². The first-order valence-electron chi connectivity index (χ1n) is 10.5. The summed E-state index contributed by atoms with van der Waals surface area (Å²) in [5.74, 6) is 1.86. The number of nitrogens with one attached hydrogen (secondary N) is 1. The van der Waals surface area contributed by atoms with Crippen LogP contribution in [0.2, 0.25) is 0 Å². The number of carbonyl (C=O) groups excluding carboxylic acids is 2. The van der Waals surface area contributed by atoms with Crippen molar-refractivity contribution in [3.63, 3.8) is 0 Å². The number of hydrogen-bond donors (Lipinski definition) is 1. The molecule has 31 heavy (non-hydrogen) atoms. The van der Waals surface area contributed by atoms with E-state index in [1.54, 1.807) is 39.3 Å². The van der Waals surface area contributed by atoms with Crippen LogP contribution >= 0.6 is 0 Å². The molecule has 1 saturated heterocycles. The molecule has 1 aliphatic rings. The largest absolute Gasteiger partial charge is 0.497 e. The normalized spacial score (nSPS) is 14.1. The lowest BCUT2D eigenvalue weighted by Crippen LogP contribution is -2.40. The van der Waals surface area contributed by atoms with Gasteiger partial charge in [0.1, 0.15) is 11.9 Å². The summed E-state index contributed by atoms with van der Waals surface area (Å²) < 4.78 is 16.8. The molecule has 7 heteroatoms. The van der Waals surface area contributed by atoms with Crippen molar-refractivity contribution in [1.29, 1.82) is 0 Å². The van der Waals surface area contributed by atoms with E-state index in [4.69, 9.17) is 14.2 Å². The number of piperidine rings is 1. The number of carbonyl (C=O) groups is 2. The molecule has 0 spiro atoms. The topological polar surface area (TPSA) is 77.1 Å². The van der Waals surface area contributed by atoms with Crippen LogP contribution in [0, 0.1) is 0 Å². The highest BCUT2D eigenvalue weighted by atomic mass is 16.5. The van der Waals surface area contributed by atoms with Gasteiger partial charge in [0.05, 0.1) is 14.2 Å². The number of nitrogens with zero attached hydrogens (tertiary/aromatic N) is 1. The highest BCUT2D eigenvalue weighted by molar-refractivity contribution is 5.94. The third-order valence-electron chi connectivity index (χ3n) is 5.44. The third-order valence-corrected chi connectivity index (χ3v) is 5.44. The Morgan fingerprint density at radius 3 is 2.48 bits per heavy atom. The summed E-state index contributed by atoms with van der Waals surface area (Å²) in [5.41, 5.74) is 1.61. The van der Waals surface area contributed by atoms with Crippen LogP contribution in [0.15, 0.2) is 42.5 Å². The number of rotatable bonds is 8. The zero-order chi connectivity index (χ0) is 22.2. The van der Waals surface area contributed by atoms with E-state index in [-0.39, 0.29) is 17.9 Å². The van der Waals surface area contributed by atoms with Crippen molar-refractivity contribution in [1.82, 2.24) is 10.2 Å². The zero-order valence-corrected chi connectivity index (χ0v) is 18.3. The van der Waals surface area contributed by atoms with Crippen LogP contribution in [0.4, 0.5) is 0 Å². The highest BCUT2D eigenvalue weighted by Gasteiger charge is 2.23. The van der Waals surface area contributed by atoms with Crippen molar-refractivity contribution in [2.45, 2.75) is 32.3 Å². The summed E-state index contributed by atoms with van der Waals surface area (Å²) >= 11 is 0. The number of benzene rings is 2. The average molecular weight is 427 g/mol. The molecule has 0 unspecified atom stereocenters. The van der Waals surface area contributed by atoms with Gasteiger partial charge < -0.3 is 24.4 Å². The molecule has 2 aromatic rings. The van der Waals surface area contributed by atoms with Crippen LogP contribution < -0.4 is 19.5 Å². The van der Waals surface area contributed by atoms with Gasteiger partial charge >= 0.3 is 0 Å². The molecular weight excluding hydrogens is 396 g/mol. The van der Waals surface area contributed by atoms with Gasteiger partial charge in [-0.3, -0.25) is 9.59 Å². The summed E-state index contributed by atoms with van der Waals surface area (Å²) in [6.07, 6.45) is 2.28. The first-order valence-corrected chi connectivity index (χ1v) is 10.5. The van der Waals surface area contributed by atoms with Gasteiger partial charge in [0, 0.05) is 45.0 Å². The minimum absolute atomic E-state index is 0.0204. The van der Waals surface area contributed by atoms with Crippen LogP contribution in [0.5, 0.6) is 17.2 Å². The molecule has 1 fully saturated rings. The van der Waals surface area contributed by atoms with Gasteiger partial charge in [-0.25, -0.2) is 0 Å². The maximum absolute atomic E-state index is 12.6. The van der Waals surface area contributed by atoms with E-state index in [0.29, 0.717) is 43.1 Å². The molecule has 0 atom stereocenters. The van der Waals surface area contributed by atoms with Gasteiger partial charge in [0.15, 0.2) is 11.5 Å². The second-order valence-corrected chi connectivity index (χ2v) is 7.55. The number of ether oxygens (including phenoxy) is 3. The lowest BCUT2D eigenvalue weighted by atomic mass is 10.1. The Labute approximate surface area is 183 Å². The van der Waals surface area contributed by atoms with Gasteiger partial charge in [-0.1, -0.05) is 12.1 Å². The van der Waals surface area contributed by atoms with E-state index < -0.39 is 0 Å². The van der Waals surface area contributed by atoms with Gasteiger partial charge in [-0.15, -0.1) is 0 Å². The Morgan fingerprint density at radius 1 is 1.03 bits per heavy atom. The second kappa shape index (κ2) is 10.7. The summed E-state index contributed by atoms with van der Waals surface area (Å²) in [4.78, 5) is 25.9. The molecule has 0 bridgehead atoms. The molecule has 166 valence electrons. The predicted molar refractivity (Wildman–Crippen MR) is 118 cm³/mol. The van der Waals surface area contributed by atoms with Gasteiger partial charge in [0.25, 0.3) is 5.91 Å². The van der Waals surface area contributed by atoms with E-state index in [1.165, 1.54) is 0 Å². The molecule has 1 heterocycles. The lowest BCUT2D eigenvalue weighted by Gasteiger charge is -2.31. The van der Waals surface area contributed by atoms with Crippen molar-refractivity contribution in [2.24, 2.45) is 0 Å². The molecular formula is C24H30N2O5. The van der Waals surface area contributed by atoms with Crippen molar-refractivity contribution >= 4 is 11.8 Å². The second-order valence-electron chi connectivity index (χ2n) is 7.55. The minimum Gasteiger partial charge on any atom is -0.497 e. The maximum Gasteiger partial charge on any atom is 0.251 e. The van der Waals surface area contributed by atoms with Crippen LogP contribution in [0.1, 0.15) is 35.7 Å². The molecule has 0 aliphatic carbocycles. The Morgan fingerprint density at radius 2 is 1.81 bits per heavy atom. The summed E-state index contributed by atoms with van der Waals surface area (Å²) in [5, 5.41) is 2.94. The Kier molecular flexibility index (Phi) is 7.76. The van der Waals surface area contributed by atoms with Crippen LogP contribution in [-0.4, -0.2) is 56.7 Å². The van der Waals surface area contributed by atoms with Crippen LogP contribution in [0.3, 0.4) is 0 Å². The van der Waals surface area contributed by atoms with E-state index >= 15 is 0 Å². The number of amides is 2. The van der Waals surface area contributed by atoms with E-state index in [1.807, 2.05) is 29.2 Å². The van der Waals surface area contributed by atoms with Gasteiger partial charge in [0.2, 0.25) is 5.91 Å². The SMILES string of the molecule is COc1cccc(CCNC(=O)c2ccc(OC3CCN(C(C)=O)CC3)c(OC)c2)c1. The highest BCUT2D eigenvalue weighted by Crippen LogP contribution is 2.30. The standard InChI is InChI=1S/C24H30N2O5/c1-17(27)26-13-10-20(11-14-26)31-22-8-7-19(16-23(22)30-3)24(28)25-12-9-18-5-4-6-21(15-18)29-2/h4-8,15-16,20H,9-14H2,1-3H3,(H,25,28). The van der Waals surface area contributed by atoms with Crippen LogP contribution in [-0.2, 0) is 11.2 Å². The fourth-order valence-electron chi connectivity index (χ4n) is 3.62. The molecule has 1 N–H and O–H groups in total. The van der Waals surface area contributed by atoms with Crippen molar-refractivity contribution in [2.75, 3.05) is 33.9 Å². The molecule has 0 saturated carbocycles. The Bertz CT molecular complexity index is 907. The first-order chi connectivity index (χ1) is 15.0. The maximum atomic E-state index is 12.6. The average Bonchev–Trinajstić information content (AvgIpc) is 2.79. The van der Waals surface area contributed by atoms with Gasteiger partial charge in [-0.05, 0) is 42.3 Å². The zero-order valence-electron chi connectivity index (χ0n) is 18.3. The molecule has 7 nitrogen and oxygen atoms in total.